The van der Waals surface area contributed by atoms with Crippen LogP contribution >= 0.6 is 15.9 Å². The molecule has 1 aromatic rings. The molecule has 1 aliphatic rings. The third kappa shape index (κ3) is 4.58. The zero-order valence-electron chi connectivity index (χ0n) is 10.9. The quantitative estimate of drug-likeness (QED) is 0.846. The van der Waals surface area contributed by atoms with Crippen LogP contribution in [0.1, 0.15) is 42.5 Å². The standard InChI is InChI=1S/C14H19BrN2O2/c15-13-10-16-7-6-12(13)14(18)17-8-9-19-11-4-2-1-3-5-11/h6-7,10-11H,1-5,8-9H2,(H,17,18). The Labute approximate surface area is 122 Å². The minimum Gasteiger partial charge on any atom is -0.376 e. The van der Waals surface area contributed by atoms with Gasteiger partial charge in [0.2, 0.25) is 0 Å². The summed E-state index contributed by atoms with van der Waals surface area (Å²) >= 11 is 3.31. The second kappa shape index (κ2) is 7.60. The molecule has 4 nitrogen and oxygen atoms in total. The molecule has 1 fully saturated rings. The molecule has 2 rings (SSSR count). The van der Waals surface area contributed by atoms with Crippen LogP contribution in [-0.2, 0) is 4.74 Å². The fraction of sp³-hybridized carbons (Fsp3) is 0.571. The predicted octanol–water partition coefficient (Wildman–Crippen LogP) is 2.92. The van der Waals surface area contributed by atoms with E-state index in [1.165, 1.54) is 19.3 Å². The van der Waals surface area contributed by atoms with Crippen LogP contribution in [0.3, 0.4) is 0 Å². The summed E-state index contributed by atoms with van der Waals surface area (Å²) in [5, 5.41) is 2.86. The van der Waals surface area contributed by atoms with Gasteiger partial charge in [0.05, 0.1) is 18.3 Å². The molecule has 0 spiro atoms. The van der Waals surface area contributed by atoms with Gasteiger partial charge < -0.3 is 10.1 Å². The van der Waals surface area contributed by atoms with Gasteiger partial charge in [-0.3, -0.25) is 9.78 Å². The van der Waals surface area contributed by atoms with E-state index in [1.54, 1.807) is 18.5 Å². The van der Waals surface area contributed by atoms with Crippen molar-refractivity contribution >= 4 is 21.8 Å². The number of rotatable bonds is 5. The van der Waals surface area contributed by atoms with Crippen molar-refractivity contribution in [1.29, 1.82) is 0 Å². The van der Waals surface area contributed by atoms with E-state index in [0.29, 0.717) is 29.3 Å². The number of pyridine rings is 1. The zero-order valence-corrected chi connectivity index (χ0v) is 12.5. The van der Waals surface area contributed by atoms with Crippen molar-refractivity contribution in [3.05, 3.63) is 28.5 Å². The van der Waals surface area contributed by atoms with Gasteiger partial charge in [0.1, 0.15) is 0 Å². The molecule has 1 amide bonds. The lowest BCUT2D eigenvalue weighted by Gasteiger charge is -2.22. The minimum absolute atomic E-state index is 0.0958. The van der Waals surface area contributed by atoms with Gasteiger partial charge in [0.25, 0.3) is 5.91 Å². The van der Waals surface area contributed by atoms with E-state index < -0.39 is 0 Å². The first kappa shape index (κ1) is 14.5. The molecule has 0 aromatic carbocycles. The monoisotopic (exact) mass is 326 g/mol. The fourth-order valence-corrected chi connectivity index (χ4v) is 2.71. The predicted molar refractivity (Wildman–Crippen MR) is 77.1 cm³/mol. The van der Waals surface area contributed by atoms with Gasteiger partial charge in [-0.1, -0.05) is 19.3 Å². The maximum atomic E-state index is 11.9. The van der Waals surface area contributed by atoms with Gasteiger partial charge in [-0.2, -0.15) is 0 Å². The first-order chi connectivity index (χ1) is 9.27. The summed E-state index contributed by atoms with van der Waals surface area (Å²) < 4.78 is 6.47. The Morgan fingerprint density at radius 1 is 1.42 bits per heavy atom. The molecule has 1 saturated carbocycles. The summed E-state index contributed by atoms with van der Waals surface area (Å²) in [5.74, 6) is -0.0958. The van der Waals surface area contributed by atoms with Crippen LogP contribution in [-0.4, -0.2) is 30.1 Å². The number of carbonyl (C=O) groups is 1. The topological polar surface area (TPSA) is 51.2 Å². The molecular formula is C14H19BrN2O2. The Balaban J connectivity index is 1.68. The van der Waals surface area contributed by atoms with E-state index in [1.807, 2.05) is 0 Å². The van der Waals surface area contributed by atoms with E-state index in [9.17, 15) is 4.79 Å². The normalized spacial score (nSPS) is 16.3. The Kier molecular flexibility index (Phi) is 5.79. The van der Waals surface area contributed by atoms with Crippen molar-refractivity contribution in [1.82, 2.24) is 10.3 Å². The Hall–Kier alpha value is -0.940. The highest BCUT2D eigenvalue weighted by Crippen LogP contribution is 2.20. The SMILES string of the molecule is O=C(NCCOC1CCCCC1)c1ccncc1Br. The number of amides is 1. The number of nitrogens with zero attached hydrogens (tertiary/aromatic N) is 1. The van der Waals surface area contributed by atoms with Crippen LogP contribution in [0.2, 0.25) is 0 Å². The van der Waals surface area contributed by atoms with Crippen LogP contribution < -0.4 is 5.32 Å². The highest BCUT2D eigenvalue weighted by molar-refractivity contribution is 9.10. The van der Waals surface area contributed by atoms with Crippen molar-refractivity contribution < 1.29 is 9.53 Å². The van der Waals surface area contributed by atoms with Crippen molar-refractivity contribution in [3.63, 3.8) is 0 Å². The average molecular weight is 327 g/mol. The van der Waals surface area contributed by atoms with E-state index in [-0.39, 0.29) is 5.91 Å². The lowest BCUT2D eigenvalue weighted by molar-refractivity contribution is 0.0299. The van der Waals surface area contributed by atoms with Crippen LogP contribution in [0.5, 0.6) is 0 Å². The smallest absolute Gasteiger partial charge is 0.252 e. The van der Waals surface area contributed by atoms with Gasteiger partial charge in [0, 0.05) is 23.4 Å². The molecule has 1 heterocycles. The van der Waals surface area contributed by atoms with E-state index in [2.05, 4.69) is 26.2 Å². The Morgan fingerprint density at radius 3 is 2.95 bits per heavy atom. The number of ether oxygens (including phenoxy) is 1. The molecule has 19 heavy (non-hydrogen) atoms. The molecule has 0 aliphatic heterocycles. The average Bonchev–Trinajstić information content (AvgIpc) is 2.45. The summed E-state index contributed by atoms with van der Waals surface area (Å²) in [4.78, 5) is 15.8. The van der Waals surface area contributed by atoms with Crippen molar-refractivity contribution in [2.75, 3.05) is 13.2 Å². The minimum atomic E-state index is -0.0958. The summed E-state index contributed by atoms with van der Waals surface area (Å²) in [7, 11) is 0. The third-order valence-corrected chi connectivity index (χ3v) is 3.94. The van der Waals surface area contributed by atoms with Crippen LogP contribution in [0.4, 0.5) is 0 Å². The van der Waals surface area contributed by atoms with Crippen molar-refractivity contribution in [2.45, 2.75) is 38.2 Å². The number of nitrogens with one attached hydrogen (secondary N) is 1. The van der Waals surface area contributed by atoms with Gasteiger partial charge in [-0.15, -0.1) is 0 Å². The van der Waals surface area contributed by atoms with Crippen LogP contribution in [0, 0.1) is 0 Å². The lowest BCUT2D eigenvalue weighted by atomic mass is 9.98. The molecule has 1 aromatic heterocycles. The summed E-state index contributed by atoms with van der Waals surface area (Å²) in [6, 6.07) is 1.70. The van der Waals surface area contributed by atoms with E-state index >= 15 is 0 Å². The molecule has 0 bridgehead atoms. The Bertz CT molecular complexity index is 420. The molecule has 0 radical (unpaired) electrons. The number of halogens is 1. The fourth-order valence-electron chi connectivity index (χ4n) is 2.28. The summed E-state index contributed by atoms with van der Waals surface area (Å²) in [5.41, 5.74) is 0.604. The highest BCUT2D eigenvalue weighted by Gasteiger charge is 2.13. The summed E-state index contributed by atoms with van der Waals surface area (Å²) in [6.45, 7) is 1.13. The van der Waals surface area contributed by atoms with E-state index in [4.69, 9.17) is 4.74 Å². The number of hydrogen-bond donors (Lipinski definition) is 1. The first-order valence-electron chi connectivity index (χ1n) is 6.76. The molecular weight excluding hydrogens is 308 g/mol. The molecule has 0 unspecified atom stereocenters. The number of carbonyl (C=O) groups excluding carboxylic acids is 1. The third-order valence-electron chi connectivity index (χ3n) is 3.31. The first-order valence-corrected chi connectivity index (χ1v) is 7.56. The molecule has 1 aliphatic carbocycles. The largest absolute Gasteiger partial charge is 0.376 e. The van der Waals surface area contributed by atoms with Crippen LogP contribution in [0.25, 0.3) is 0 Å². The molecule has 0 saturated heterocycles. The highest BCUT2D eigenvalue weighted by atomic mass is 79.9. The van der Waals surface area contributed by atoms with E-state index in [0.717, 1.165) is 12.8 Å². The number of hydrogen-bond acceptors (Lipinski definition) is 3. The van der Waals surface area contributed by atoms with Gasteiger partial charge in [-0.25, -0.2) is 0 Å². The molecule has 1 N–H and O–H groups in total. The van der Waals surface area contributed by atoms with Crippen molar-refractivity contribution in [2.24, 2.45) is 0 Å². The van der Waals surface area contributed by atoms with Gasteiger partial charge >= 0.3 is 0 Å². The Morgan fingerprint density at radius 2 is 2.21 bits per heavy atom. The summed E-state index contributed by atoms with van der Waals surface area (Å²) in [6.07, 6.45) is 9.78. The van der Waals surface area contributed by atoms with Gasteiger partial charge in [0.15, 0.2) is 0 Å². The van der Waals surface area contributed by atoms with Gasteiger partial charge in [-0.05, 0) is 34.8 Å². The van der Waals surface area contributed by atoms with Crippen LogP contribution in [0.15, 0.2) is 22.9 Å². The molecule has 5 heteroatoms. The molecule has 0 atom stereocenters. The zero-order chi connectivity index (χ0) is 13.5. The van der Waals surface area contributed by atoms with Crippen molar-refractivity contribution in [3.8, 4) is 0 Å². The number of aromatic nitrogens is 1. The second-order valence-electron chi connectivity index (χ2n) is 4.74. The lowest BCUT2D eigenvalue weighted by Crippen LogP contribution is -2.29. The molecule has 104 valence electrons. The second-order valence-corrected chi connectivity index (χ2v) is 5.60. The maximum absolute atomic E-state index is 11.9. The maximum Gasteiger partial charge on any atom is 0.252 e.